The second-order valence-corrected chi connectivity index (χ2v) is 7.86. The summed E-state index contributed by atoms with van der Waals surface area (Å²) in [5.74, 6) is 0.143. The van der Waals surface area contributed by atoms with E-state index in [1.807, 2.05) is 29.9 Å². The van der Waals surface area contributed by atoms with E-state index in [9.17, 15) is 9.59 Å². The van der Waals surface area contributed by atoms with E-state index in [2.05, 4.69) is 0 Å². The van der Waals surface area contributed by atoms with Gasteiger partial charge in [0.1, 0.15) is 0 Å². The molecule has 164 valence electrons. The van der Waals surface area contributed by atoms with Crippen molar-refractivity contribution in [3.05, 3.63) is 24.0 Å². The summed E-state index contributed by atoms with van der Waals surface area (Å²) in [7, 11) is 5.26. The summed E-state index contributed by atoms with van der Waals surface area (Å²) in [6.45, 7) is 2.74. The SMILES string of the molecule is COCCCN(CC(=O)N(CCOC)Cc1cccn1C)C(=O)C1CCCCC1. The maximum Gasteiger partial charge on any atom is 0.242 e. The molecule has 1 aliphatic carbocycles. The molecule has 0 saturated heterocycles. The molecule has 1 fully saturated rings. The van der Waals surface area contributed by atoms with E-state index in [1.165, 1.54) is 6.42 Å². The molecule has 0 N–H and O–H groups in total. The minimum atomic E-state index is -0.0372. The highest BCUT2D eigenvalue weighted by atomic mass is 16.5. The van der Waals surface area contributed by atoms with E-state index < -0.39 is 0 Å². The summed E-state index contributed by atoms with van der Waals surface area (Å²) in [4.78, 5) is 29.8. The van der Waals surface area contributed by atoms with Crippen LogP contribution in [0.1, 0.15) is 44.2 Å². The highest BCUT2D eigenvalue weighted by Gasteiger charge is 2.28. The van der Waals surface area contributed by atoms with Crippen LogP contribution in [0.5, 0.6) is 0 Å². The molecule has 0 spiro atoms. The third-order valence-electron chi connectivity index (χ3n) is 5.69. The van der Waals surface area contributed by atoms with Crippen LogP contribution in [0.15, 0.2) is 18.3 Å². The first kappa shape index (κ1) is 23.4. The van der Waals surface area contributed by atoms with Gasteiger partial charge in [-0.25, -0.2) is 0 Å². The molecule has 0 radical (unpaired) electrons. The molecule has 0 unspecified atom stereocenters. The zero-order valence-electron chi connectivity index (χ0n) is 18.3. The minimum Gasteiger partial charge on any atom is -0.385 e. The molecule has 1 aliphatic rings. The largest absolute Gasteiger partial charge is 0.385 e. The van der Waals surface area contributed by atoms with Gasteiger partial charge in [0.25, 0.3) is 0 Å². The van der Waals surface area contributed by atoms with Crippen molar-refractivity contribution in [1.82, 2.24) is 14.4 Å². The number of aryl methyl sites for hydroxylation is 1. The van der Waals surface area contributed by atoms with Gasteiger partial charge in [-0.3, -0.25) is 9.59 Å². The Labute approximate surface area is 174 Å². The van der Waals surface area contributed by atoms with Crippen LogP contribution >= 0.6 is 0 Å². The van der Waals surface area contributed by atoms with Gasteiger partial charge in [-0.1, -0.05) is 19.3 Å². The topological polar surface area (TPSA) is 64.0 Å². The average Bonchev–Trinajstić information content (AvgIpc) is 3.14. The quantitative estimate of drug-likeness (QED) is 0.499. The molecule has 29 heavy (non-hydrogen) atoms. The molecule has 1 aromatic heterocycles. The van der Waals surface area contributed by atoms with E-state index in [4.69, 9.17) is 9.47 Å². The number of ether oxygens (including phenoxy) is 2. The fourth-order valence-electron chi connectivity index (χ4n) is 3.89. The molecule has 0 aliphatic heterocycles. The summed E-state index contributed by atoms with van der Waals surface area (Å²) >= 11 is 0. The Kier molecular flexibility index (Phi) is 10.2. The van der Waals surface area contributed by atoms with Crippen LogP contribution in [0.2, 0.25) is 0 Å². The lowest BCUT2D eigenvalue weighted by atomic mass is 9.88. The van der Waals surface area contributed by atoms with Crippen molar-refractivity contribution in [3.8, 4) is 0 Å². The van der Waals surface area contributed by atoms with Crippen molar-refractivity contribution < 1.29 is 19.1 Å². The first-order chi connectivity index (χ1) is 14.1. The molecule has 7 heteroatoms. The van der Waals surface area contributed by atoms with Crippen molar-refractivity contribution >= 4 is 11.8 Å². The van der Waals surface area contributed by atoms with Gasteiger partial charge in [-0.2, -0.15) is 0 Å². The molecule has 1 saturated carbocycles. The zero-order chi connectivity index (χ0) is 21.1. The molecule has 0 bridgehead atoms. The summed E-state index contributed by atoms with van der Waals surface area (Å²) in [5, 5.41) is 0. The summed E-state index contributed by atoms with van der Waals surface area (Å²) in [5.41, 5.74) is 1.05. The third-order valence-corrected chi connectivity index (χ3v) is 5.69. The number of carbonyl (C=O) groups excluding carboxylic acids is 2. The molecule has 2 rings (SSSR count). The summed E-state index contributed by atoms with van der Waals surface area (Å²) < 4.78 is 12.4. The Bertz CT molecular complexity index is 625. The van der Waals surface area contributed by atoms with Gasteiger partial charge in [0.2, 0.25) is 11.8 Å². The Morgan fingerprint density at radius 3 is 2.41 bits per heavy atom. The predicted octanol–water partition coefficient (Wildman–Crippen LogP) is 2.45. The van der Waals surface area contributed by atoms with Crippen LogP contribution in [-0.4, -0.2) is 73.2 Å². The lowest BCUT2D eigenvalue weighted by Gasteiger charge is -2.31. The number of hydrogen-bond donors (Lipinski definition) is 0. The monoisotopic (exact) mass is 407 g/mol. The van der Waals surface area contributed by atoms with Crippen LogP contribution in [0.25, 0.3) is 0 Å². The molecular formula is C22H37N3O4. The first-order valence-corrected chi connectivity index (χ1v) is 10.7. The van der Waals surface area contributed by atoms with Crippen molar-refractivity contribution in [1.29, 1.82) is 0 Å². The summed E-state index contributed by atoms with van der Waals surface area (Å²) in [6.07, 6.45) is 7.98. The number of aromatic nitrogens is 1. The molecule has 2 amide bonds. The van der Waals surface area contributed by atoms with Crippen molar-refractivity contribution in [2.75, 3.05) is 47.1 Å². The van der Waals surface area contributed by atoms with Crippen LogP contribution < -0.4 is 0 Å². The first-order valence-electron chi connectivity index (χ1n) is 10.7. The molecule has 0 atom stereocenters. The lowest BCUT2D eigenvalue weighted by Crippen LogP contribution is -2.46. The number of hydrogen-bond acceptors (Lipinski definition) is 4. The second-order valence-electron chi connectivity index (χ2n) is 7.86. The zero-order valence-corrected chi connectivity index (χ0v) is 18.3. The normalized spacial score (nSPS) is 14.7. The number of carbonyl (C=O) groups is 2. The summed E-state index contributed by atoms with van der Waals surface area (Å²) in [6, 6.07) is 3.98. The van der Waals surface area contributed by atoms with Gasteiger partial charge in [0, 0.05) is 58.8 Å². The van der Waals surface area contributed by atoms with E-state index in [0.29, 0.717) is 32.8 Å². The fourth-order valence-corrected chi connectivity index (χ4v) is 3.89. The van der Waals surface area contributed by atoms with E-state index in [-0.39, 0.29) is 24.3 Å². The van der Waals surface area contributed by atoms with Crippen LogP contribution in [0.4, 0.5) is 0 Å². The minimum absolute atomic E-state index is 0.0372. The predicted molar refractivity (Wildman–Crippen MR) is 112 cm³/mol. The van der Waals surface area contributed by atoms with Gasteiger partial charge in [-0.05, 0) is 31.4 Å². The molecule has 1 aromatic rings. The highest BCUT2D eigenvalue weighted by Crippen LogP contribution is 2.25. The Hall–Kier alpha value is -1.86. The van der Waals surface area contributed by atoms with Gasteiger partial charge < -0.3 is 23.8 Å². The maximum absolute atomic E-state index is 13.2. The lowest BCUT2D eigenvalue weighted by molar-refractivity contribution is -0.144. The van der Waals surface area contributed by atoms with E-state index in [0.717, 1.165) is 37.8 Å². The van der Waals surface area contributed by atoms with Crippen molar-refractivity contribution in [2.24, 2.45) is 13.0 Å². The number of methoxy groups -OCH3 is 2. The van der Waals surface area contributed by atoms with Crippen molar-refractivity contribution in [2.45, 2.75) is 45.1 Å². The van der Waals surface area contributed by atoms with Gasteiger partial charge in [0.05, 0.1) is 19.7 Å². The second kappa shape index (κ2) is 12.6. The van der Waals surface area contributed by atoms with E-state index >= 15 is 0 Å². The standard InChI is InChI=1S/C22H37N3O4/c1-23-12-7-11-20(23)17-24(14-16-29-3)21(26)18-25(13-8-15-28-2)22(27)19-9-5-4-6-10-19/h7,11-12,19H,4-6,8-10,13-18H2,1-3H3. The molecule has 7 nitrogen and oxygen atoms in total. The van der Waals surface area contributed by atoms with Gasteiger partial charge >= 0.3 is 0 Å². The number of nitrogens with zero attached hydrogens (tertiary/aromatic N) is 3. The van der Waals surface area contributed by atoms with Crippen LogP contribution in [0, 0.1) is 5.92 Å². The Morgan fingerprint density at radius 2 is 1.79 bits per heavy atom. The molecule has 1 heterocycles. The maximum atomic E-state index is 13.2. The van der Waals surface area contributed by atoms with Crippen LogP contribution in [0.3, 0.4) is 0 Å². The molecular weight excluding hydrogens is 370 g/mol. The van der Waals surface area contributed by atoms with Crippen molar-refractivity contribution in [3.63, 3.8) is 0 Å². The Morgan fingerprint density at radius 1 is 1.07 bits per heavy atom. The van der Waals surface area contributed by atoms with Gasteiger partial charge in [-0.15, -0.1) is 0 Å². The fraction of sp³-hybridized carbons (Fsp3) is 0.727. The van der Waals surface area contributed by atoms with Gasteiger partial charge in [0.15, 0.2) is 0 Å². The smallest absolute Gasteiger partial charge is 0.242 e. The number of amides is 2. The average molecular weight is 408 g/mol. The highest BCUT2D eigenvalue weighted by molar-refractivity contribution is 5.86. The Balaban J connectivity index is 2.06. The third kappa shape index (κ3) is 7.48. The van der Waals surface area contributed by atoms with E-state index in [1.54, 1.807) is 24.0 Å². The number of rotatable bonds is 12. The van der Waals surface area contributed by atoms with Crippen LogP contribution in [-0.2, 0) is 32.7 Å². The molecule has 0 aromatic carbocycles.